The van der Waals surface area contributed by atoms with E-state index in [1.165, 1.54) is 23.5 Å². The average molecular weight is 385 g/mol. The van der Waals surface area contributed by atoms with E-state index in [9.17, 15) is 14.9 Å². The van der Waals surface area contributed by atoms with Crippen molar-refractivity contribution in [1.29, 1.82) is 0 Å². The largest absolute Gasteiger partial charge is 0.347 e. The van der Waals surface area contributed by atoms with Crippen molar-refractivity contribution in [2.24, 2.45) is 5.73 Å². The molecule has 1 aromatic heterocycles. The van der Waals surface area contributed by atoms with Gasteiger partial charge in [-0.05, 0) is 6.42 Å². The standard InChI is InChI=1S/C16H20N4O3S.ClH/c1-2-3-6-12(9-17)18-15(21)14-10-24-16(19-14)11-5-4-7-13(8-11)20(22)23;/h4-5,7-8,10,12H,2-3,6,9,17H2,1H3,(H,18,21);1H. The highest BCUT2D eigenvalue weighted by Crippen LogP contribution is 2.26. The predicted octanol–water partition coefficient (Wildman–Crippen LogP) is 3.39. The van der Waals surface area contributed by atoms with E-state index in [1.54, 1.807) is 17.5 Å². The second kappa shape index (κ2) is 10.1. The number of thiazole rings is 1. The van der Waals surface area contributed by atoms with Crippen molar-refractivity contribution in [3.63, 3.8) is 0 Å². The molecule has 1 unspecified atom stereocenters. The van der Waals surface area contributed by atoms with Crippen LogP contribution >= 0.6 is 23.7 Å². The Labute approximate surface area is 156 Å². The summed E-state index contributed by atoms with van der Waals surface area (Å²) in [4.78, 5) is 27.0. The molecular weight excluding hydrogens is 364 g/mol. The van der Waals surface area contributed by atoms with Gasteiger partial charge in [0.15, 0.2) is 0 Å². The van der Waals surface area contributed by atoms with Crippen LogP contribution in [0.3, 0.4) is 0 Å². The topological polar surface area (TPSA) is 111 Å². The van der Waals surface area contributed by atoms with Crippen LogP contribution in [0.1, 0.15) is 36.7 Å². The fraction of sp³-hybridized carbons (Fsp3) is 0.375. The molecule has 0 saturated heterocycles. The third kappa shape index (κ3) is 5.77. The average Bonchev–Trinajstić information content (AvgIpc) is 3.08. The van der Waals surface area contributed by atoms with Gasteiger partial charge in [0.2, 0.25) is 0 Å². The summed E-state index contributed by atoms with van der Waals surface area (Å²) in [6.45, 7) is 2.47. The van der Waals surface area contributed by atoms with Crippen LogP contribution in [0.15, 0.2) is 29.6 Å². The van der Waals surface area contributed by atoms with Crippen LogP contribution in [0.25, 0.3) is 10.6 Å². The number of unbranched alkanes of at least 4 members (excludes halogenated alkanes) is 1. The van der Waals surface area contributed by atoms with Crippen molar-refractivity contribution in [2.75, 3.05) is 6.54 Å². The minimum absolute atomic E-state index is 0. The molecule has 3 N–H and O–H groups in total. The molecule has 136 valence electrons. The zero-order valence-corrected chi connectivity index (χ0v) is 15.4. The first kappa shape index (κ1) is 21.0. The number of hydrogen-bond acceptors (Lipinski definition) is 6. The second-order valence-corrected chi connectivity index (χ2v) is 6.25. The zero-order chi connectivity index (χ0) is 17.5. The van der Waals surface area contributed by atoms with Gasteiger partial charge in [-0.1, -0.05) is 31.9 Å². The predicted molar refractivity (Wildman–Crippen MR) is 101 cm³/mol. The molecule has 1 atom stereocenters. The van der Waals surface area contributed by atoms with Gasteiger partial charge in [-0.25, -0.2) is 4.98 Å². The van der Waals surface area contributed by atoms with Gasteiger partial charge in [-0.15, -0.1) is 23.7 Å². The number of hydrogen-bond donors (Lipinski definition) is 2. The lowest BCUT2D eigenvalue weighted by atomic mass is 10.1. The van der Waals surface area contributed by atoms with E-state index in [0.717, 1.165) is 19.3 Å². The maximum atomic E-state index is 12.3. The maximum absolute atomic E-state index is 12.3. The van der Waals surface area contributed by atoms with E-state index in [2.05, 4.69) is 17.2 Å². The van der Waals surface area contributed by atoms with E-state index in [1.807, 2.05) is 0 Å². The van der Waals surface area contributed by atoms with Crippen LogP contribution in [0.5, 0.6) is 0 Å². The van der Waals surface area contributed by atoms with Gasteiger partial charge in [0.25, 0.3) is 11.6 Å². The Hall–Kier alpha value is -2.03. The van der Waals surface area contributed by atoms with Crippen LogP contribution < -0.4 is 11.1 Å². The van der Waals surface area contributed by atoms with Crippen molar-refractivity contribution >= 4 is 35.3 Å². The van der Waals surface area contributed by atoms with Crippen LogP contribution in [0, 0.1) is 10.1 Å². The van der Waals surface area contributed by atoms with Gasteiger partial charge in [0.1, 0.15) is 10.7 Å². The molecule has 7 nitrogen and oxygen atoms in total. The van der Waals surface area contributed by atoms with Crippen molar-refractivity contribution in [1.82, 2.24) is 10.3 Å². The minimum atomic E-state index is -0.454. The molecule has 0 radical (unpaired) electrons. The molecule has 25 heavy (non-hydrogen) atoms. The number of non-ortho nitro benzene ring substituents is 1. The number of nitro benzene ring substituents is 1. The van der Waals surface area contributed by atoms with E-state index in [0.29, 0.717) is 22.8 Å². The highest BCUT2D eigenvalue weighted by molar-refractivity contribution is 7.13. The summed E-state index contributed by atoms with van der Waals surface area (Å²) in [6.07, 6.45) is 2.87. The van der Waals surface area contributed by atoms with E-state index in [4.69, 9.17) is 5.73 Å². The third-order valence-corrected chi connectivity index (χ3v) is 4.46. The number of carbonyl (C=O) groups is 1. The smallest absolute Gasteiger partial charge is 0.271 e. The Bertz CT molecular complexity index is 723. The molecule has 1 amide bonds. The fourth-order valence-electron chi connectivity index (χ4n) is 2.22. The van der Waals surface area contributed by atoms with Gasteiger partial charge in [-0.3, -0.25) is 14.9 Å². The van der Waals surface area contributed by atoms with Crippen LogP contribution in [-0.2, 0) is 0 Å². The molecule has 0 saturated carbocycles. The van der Waals surface area contributed by atoms with Gasteiger partial charge < -0.3 is 11.1 Å². The summed E-state index contributed by atoms with van der Waals surface area (Å²) in [6, 6.07) is 6.14. The first-order valence-corrected chi connectivity index (χ1v) is 8.64. The molecule has 0 aliphatic rings. The van der Waals surface area contributed by atoms with E-state index >= 15 is 0 Å². The van der Waals surface area contributed by atoms with Crippen molar-refractivity contribution in [2.45, 2.75) is 32.2 Å². The molecule has 0 bridgehead atoms. The first-order chi connectivity index (χ1) is 11.5. The molecule has 2 aromatic rings. The SMILES string of the molecule is CCCCC(CN)NC(=O)c1csc(-c2cccc([N+](=O)[O-])c2)n1.Cl. The Kier molecular flexibility index (Phi) is 8.47. The molecule has 0 spiro atoms. The summed E-state index contributed by atoms with van der Waals surface area (Å²) < 4.78 is 0. The lowest BCUT2D eigenvalue weighted by molar-refractivity contribution is -0.384. The monoisotopic (exact) mass is 384 g/mol. The number of carbonyl (C=O) groups excluding carboxylic acids is 1. The molecule has 9 heteroatoms. The lowest BCUT2D eigenvalue weighted by Gasteiger charge is -2.15. The number of nitrogens with two attached hydrogens (primary N) is 1. The summed E-state index contributed by atoms with van der Waals surface area (Å²) >= 11 is 1.28. The normalized spacial score (nSPS) is 11.4. The Morgan fingerprint density at radius 1 is 1.48 bits per heavy atom. The highest BCUT2D eigenvalue weighted by Gasteiger charge is 2.16. The third-order valence-electron chi connectivity index (χ3n) is 3.57. The lowest BCUT2D eigenvalue weighted by Crippen LogP contribution is -2.40. The molecular formula is C16H21ClN4O3S. The molecule has 0 aliphatic heterocycles. The van der Waals surface area contributed by atoms with Crippen molar-refractivity contribution in [3.8, 4) is 10.6 Å². The molecule has 0 aliphatic carbocycles. The Morgan fingerprint density at radius 3 is 2.88 bits per heavy atom. The number of aromatic nitrogens is 1. The fourth-order valence-corrected chi connectivity index (χ4v) is 3.02. The number of nitrogens with one attached hydrogen (secondary N) is 1. The Balaban J connectivity index is 0.00000312. The number of nitrogens with zero attached hydrogens (tertiary/aromatic N) is 2. The number of halogens is 1. The van der Waals surface area contributed by atoms with E-state index < -0.39 is 4.92 Å². The quantitative estimate of drug-likeness (QED) is 0.535. The van der Waals surface area contributed by atoms with Crippen LogP contribution in [-0.4, -0.2) is 28.4 Å². The minimum Gasteiger partial charge on any atom is -0.347 e. The molecule has 2 rings (SSSR count). The molecule has 1 aromatic carbocycles. The number of rotatable bonds is 8. The van der Waals surface area contributed by atoms with Crippen LogP contribution in [0.4, 0.5) is 5.69 Å². The summed E-state index contributed by atoms with van der Waals surface area (Å²) in [5, 5.41) is 16.0. The number of nitro groups is 1. The summed E-state index contributed by atoms with van der Waals surface area (Å²) in [7, 11) is 0. The maximum Gasteiger partial charge on any atom is 0.271 e. The van der Waals surface area contributed by atoms with Gasteiger partial charge in [0.05, 0.1) is 4.92 Å². The molecule has 1 heterocycles. The zero-order valence-electron chi connectivity index (χ0n) is 13.8. The Morgan fingerprint density at radius 2 is 2.24 bits per heavy atom. The van der Waals surface area contributed by atoms with E-state index in [-0.39, 0.29) is 30.0 Å². The summed E-state index contributed by atoms with van der Waals surface area (Å²) in [5.41, 5.74) is 6.60. The number of benzene rings is 1. The second-order valence-electron chi connectivity index (χ2n) is 5.39. The van der Waals surface area contributed by atoms with Crippen LogP contribution in [0.2, 0.25) is 0 Å². The number of amides is 1. The van der Waals surface area contributed by atoms with Crippen molar-refractivity contribution in [3.05, 3.63) is 45.5 Å². The van der Waals surface area contributed by atoms with Gasteiger partial charge in [-0.2, -0.15) is 0 Å². The summed E-state index contributed by atoms with van der Waals surface area (Å²) in [5.74, 6) is -0.269. The van der Waals surface area contributed by atoms with Crippen molar-refractivity contribution < 1.29 is 9.72 Å². The van der Waals surface area contributed by atoms with Gasteiger partial charge >= 0.3 is 0 Å². The highest BCUT2D eigenvalue weighted by atomic mass is 35.5. The van der Waals surface area contributed by atoms with Gasteiger partial charge in [0, 0.05) is 35.7 Å². The molecule has 0 fully saturated rings. The first-order valence-electron chi connectivity index (χ1n) is 7.76.